The lowest BCUT2D eigenvalue weighted by atomic mass is 10.1. The third-order valence-corrected chi connectivity index (χ3v) is 4.71. The number of nitrogens with one attached hydrogen (secondary N) is 3. The minimum atomic E-state index is -0.971. The van der Waals surface area contributed by atoms with E-state index in [0.29, 0.717) is 11.3 Å². The van der Waals surface area contributed by atoms with Gasteiger partial charge in [-0.25, -0.2) is 0 Å². The number of hydrogen-bond donors (Lipinski definition) is 3. The molecule has 10 nitrogen and oxygen atoms in total. The summed E-state index contributed by atoms with van der Waals surface area (Å²) in [6, 6.07) is 18.6. The van der Waals surface area contributed by atoms with E-state index in [1.54, 1.807) is 30.3 Å². The molecule has 0 aliphatic rings. The van der Waals surface area contributed by atoms with Gasteiger partial charge in [-0.2, -0.15) is 0 Å². The van der Waals surface area contributed by atoms with Gasteiger partial charge in [0.05, 0.1) is 4.92 Å². The van der Waals surface area contributed by atoms with Gasteiger partial charge >= 0.3 is 0 Å². The summed E-state index contributed by atoms with van der Waals surface area (Å²) >= 11 is 0. The molecular formula is C24H22N4O6. The second-order valence-corrected chi connectivity index (χ2v) is 7.36. The largest absolute Gasteiger partial charge is 0.481 e. The molecule has 0 bridgehead atoms. The van der Waals surface area contributed by atoms with Crippen LogP contribution in [0, 0.1) is 17.0 Å². The number of nitro benzene ring substituents is 1. The predicted octanol–water partition coefficient (Wildman–Crippen LogP) is 3.38. The Labute approximate surface area is 195 Å². The number of non-ortho nitro benzene ring substituents is 1. The first-order valence-corrected chi connectivity index (χ1v) is 10.2. The number of anilines is 1. The highest BCUT2D eigenvalue weighted by molar-refractivity contribution is 6.04. The Morgan fingerprint density at radius 1 is 0.882 bits per heavy atom. The van der Waals surface area contributed by atoms with Crippen molar-refractivity contribution in [3.05, 3.63) is 99.6 Å². The van der Waals surface area contributed by atoms with E-state index in [2.05, 4.69) is 16.2 Å². The van der Waals surface area contributed by atoms with Crippen LogP contribution < -0.4 is 20.9 Å². The zero-order chi connectivity index (χ0) is 24.7. The standard InChI is InChI=1S/C24H22N4O6/c1-15-4-3-5-18(14-15)23(30)25-19-8-6-17(7-9-19)24(31)27-26-22(29)16(2)34-21-12-10-20(11-13-21)28(32)33/h3-14,16H,1-2H3,(H,25,30)(H,26,29)(H,27,31). The summed E-state index contributed by atoms with van der Waals surface area (Å²) < 4.78 is 5.42. The highest BCUT2D eigenvalue weighted by Gasteiger charge is 2.17. The van der Waals surface area contributed by atoms with Crippen molar-refractivity contribution in [2.75, 3.05) is 5.32 Å². The summed E-state index contributed by atoms with van der Waals surface area (Å²) in [5, 5.41) is 13.4. The van der Waals surface area contributed by atoms with Crippen LogP contribution in [0.1, 0.15) is 33.2 Å². The second kappa shape index (κ2) is 10.7. The van der Waals surface area contributed by atoms with Crippen LogP contribution in [0.3, 0.4) is 0 Å². The van der Waals surface area contributed by atoms with Gasteiger partial charge in [-0.1, -0.05) is 17.7 Å². The van der Waals surface area contributed by atoms with Gasteiger partial charge in [0.1, 0.15) is 5.75 Å². The summed E-state index contributed by atoms with van der Waals surface area (Å²) in [6.45, 7) is 3.36. The number of rotatable bonds is 7. The van der Waals surface area contributed by atoms with Crippen molar-refractivity contribution in [2.24, 2.45) is 0 Å². The number of aryl methyl sites for hydroxylation is 1. The molecule has 1 unspecified atom stereocenters. The normalized spacial score (nSPS) is 11.1. The first kappa shape index (κ1) is 23.9. The van der Waals surface area contributed by atoms with E-state index in [4.69, 9.17) is 4.74 Å². The van der Waals surface area contributed by atoms with E-state index in [0.717, 1.165) is 5.56 Å². The molecule has 3 N–H and O–H groups in total. The van der Waals surface area contributed by atoms with Crippen molar-refractivity contribution in [3.8, 4) is 5.75 Å². The maximum Gasteiger partial charge on any atom is 0.279 e. The molecular weight excluding hydrogens is 440 g/mol. The minimum Gasteiger partial charge on any atom is -0.481 e. The zero-order valence-electron chi connectivity index (χ0n) is 18.4. The summed E-state index contributed by atoms with van der Waals surface area (Å²) in [4.78, 5) is 47.0. The van der Waals surface area contributed by atoms with Crippen LogP contribution in [0.15, 0.2) is 72.8 Å². The lowest BCUT2D eigenvalue weighted by Gasteiger charge is -2.15. The van der Waals surface area contributed by atoms with Gasteiger partial charge in [-0.15, -0.1) is 0 Å². The van der Waals surface area contributed by atoms with Crippen LogP contribution in [-0.4, -0.2) is 28.7 Å². The summed E-state index contributed by atoms with van der Waals surface area (Å²) in [5.41, 5.74) is 6.71. The fourth-order valence-corrected chi connectivity index (χ4v) is 2.89. The summed E-state index contributed by atoms with van der Waals surface area (Å²) in [7, 11) is 0. The molecule has 0 spiro atoms. The van der Waals surface area contributed by atoms with Gasteiger partial charge in [-0.05, 0) is 62.4 Å². The topological polar surface area (TPSA) is 140 Å². The number of carbonyl (C=O) groups excluding carboxylic acids is 3. The molecule has 1 atom stereocenters. The number of hydrogen-bond acceptors (Lipinski definition) is 6. The first-order valence-electron chi connectivity index (χ1n) is 10.2. The van der Waals surface area contributed by atoms with Crippen LogP contribution in [0.5, 0.6) is 5.75 Å². The molecule has 3 rings (SSSR count). The molecule has 0 saturated carbocycles. The van der Waals surface area contributed by atoms with E-state index in [1.165, 1.54) is 43.3 Å². The van der Waals surface area contributed by atoms with Gasteiger partial charge in [-0.3, -0.25) is 35.3 Å². The number of nitro groups is 1. The third kappa shape index (κ3) is 6.39. The van der Waals surface area contributed by atoms with E-state index < -0.39 is 22.8 Å². The average molecular weight is 462 g/mol. The lowest BCUT2D eigenvalue weighted by Crippen LogP contribution is -2.47. The number of hydrazine groups is 1. The van der Waals surface area contributed by atoms with Crippen molar-refractivity contribution in [3.63, 3.8) is 0 Å². The third-order valence-electron chi connectivity index (χ3n) is 4.71. The van der Waals surface area contributed by atoms with E-state index in [-0.39, 0.29) is 22.9 Å². The Bertz CT molecular complexity index is 1210. The Hall–Kier alpha value is -4.73. The number of nitrogens with zero attached hydrogens (tertiary/aromatic N) is 1. The minimum absolute atomic E-state index is 0.0996. The van der Waals surface area contributed by atoms with Gasteiger partial charge in [0.2, 0.25) is 0 Å². The Morgan fingerprint density at radius 3 is 2.18 bits per heavy atom. The van der Waals surface area contributed by atoms with Crippen molar-refractivity contribution < 1.29 is 24.0 Å². The molecule has 0 heterocycles. The molecule has 174 valence electrons. The summed E-state index contributed by atoms with van der Waals surface area (Å²) in [5.74, 6) is -1.18. The Morgan fingerprint density at radius 2 is 1.56 bits per heavy atom. The van der Waals surface area contributed by atoms with E-state index in [1.807, 2.05) is 13.0 Å². The molecule has 0 aliphatic heterocycles. The molecule has 0 aromatic heterocycles. The molecule has 3 aromatic carbocycles. The molecule has 34 heavy (non-hydrogen) atoms. The van der Waals surface area contributed by atoms with Crippen LogP contribution in [0.4, 0.5) is 11.4 Å². The maximum atomic E-state index is 12.3. The maximum absolute atomic E-state index is 12.3. The second-order valence-electron chi connectivity index (χ2n) is 7.36. The Kier molecular flexibility index (Phi) is 7.55. The molecule has 0 aliphatic carbocycles. The van der Waals surface area contributed by atoms with Crippen LogP contribution >= 0.6 is 0 Å². The number of amides is 3. The highest BCUT2D eigenvalue weighted by Crippen LogP contribution is 2.18. The fourth-order valence-electron chi connectivity index (χ4n) is 2.89. The van der Waals surface area contributed by atoms with Gasteiger partial charge in [0.15, 0.2) is 6.10 Å². The summed E-state index contributed by atoms with van der Waals surface area (Å²) in [6.07, 6.45) is -0.971. The van der Waals surface area contributed by atoms with Gasteiger partial charge in [0.25, 0.3) is 23.4 Å². The molecule has 10 heteroatoms. The molecule has 0 fully saturated rings. The Balaban J connectivity index is 1.49. The quantitative estimate of drug-likeness (QED) is 0.363. The zero-order valence-corrected chi connectivity index (χ0v) is 18.4. The molecule has 3 amide bonds. The fraction of sp³-hybridized carbons (Fsp3) is 0.125. The first-order chi connectivity index (χ1) is 16.2. The SMILES string of the molecule is Cc1cccc(C(=O)Nc2ccc(C(=O)NNC(=O)C(C)Oc3ccc([N+](=O)[O-])cc3)cc2)c1. The molecule has 3 aromatic rings. The van der Waals surface area contributed by atoms with Crippen LogP contribution in [-0.2, 0) is 4.79 Å². The predicted molar refractivity (Wildman–Crippen MR) is 124 cm³/mol. The number of ether oxygens (including phenoxy) is 1. The smallest absolute Gasteiger partial charge is 0.279 e. The van der Waals surface area contributed by atoms with Crippen molar-refractivity contribution in [1.29, 1.82) is 0 Å². The number of benzene rings is 3. The van der Waals surface area contributed by atoms with E-state index >= 15 is 0 Å². The highest BCUT2D eigenvalue weighted by atomic mass is 16.6. The average Bonchev–Trinajstić information content (AvgIpc) is 2.83. The number of carbonyl (C=O) groups is 3. The van der Waals surface area contributed by atoms with Crippen molar-refractivity contribution >= 4 is 29.1 Å². The van der Waals surface area contributed by atoms with E-state index in [9.17, 15) is 24.5 Å². The molecule has 0 saturated heterocycles. The van der Waals surface area contributed by atoms with Crippen LogP contribution in [0.2, 0.25) is 0 Å². The molecule has 0 radical (unpaired) electrons. The lowest BCUT2D eigenvalue weighted by molar-refractivity contribution is -0.384. The van der Waals surface area contributed by atoms with Crippen molar-refractivity contribution in [2.45, 2.75) is 20.0 Å². The van der Waals surface area contributed by atoms with Gasteiger partial charge < -0.3 is 10.1 Å². The van der Waals surface area contributed by atoms with Gasteiger partial charge in [0, 0.05) is 28.9 Å². The van der Waals surface area contributed by atoms with Crippen LogP contribution in [0.25, 0.3) is 0 Å². The monoisotopic (exact) mass is 462 g/mol. The van der Waals surface area contributed by atoms with Crippen molar-refractivity contribution in [1.82, 2.24) is 10.9 Å².